The van der Waals surface area contributed by atoms with Crippen LogP contribution < -0.4 is 10.2 Å². The Hall–Kier alpha value is -1.32. The van der Waals surface area contributed by atoms with Crippen molar-refractivity contribution in [2.75, 3.05) is 13.9 Å². The number of hydrogen-bond donors (Lipinski definition) is 2. The third-order valence-corrected chi connectivity index (χ3v) is 2.00. The molecule has 0 radical (unpaired) electrons. The van der Waals surface area contributed by atoms with E-state index in [-0.39, 0.29) is 0 Å². The summed E-state index contributed by atoms with van der Waals surface area (Å²) >= 11 is 0. The molecule has 0 spiro atoms. The standard InChI is InChI=1S/C9H9BF4O4/c1-17-4-18-7-3-5(10(15)16)2-6(8(7)11)9(12,13)14/h2-3,15-16H,4H2,1H3. The molecule has 1 aromatic carbocycles. The van der Waals surface area contributed by atoms with Crippen LogP contribution in [0.2, 0.25) is 0 Å². The highest BCUT2D eigenvalue weighted by Gasteiger charge is 2.37. The lowest BCUT2D eigenvalue weighted by Crippen LogP contribution is -2.31. The number of rotatable bonds is 4. The monoisotopic (exact) mass is 268 g/mol. The molecule has 2 N–H and O–H groups in total. The van der Waals surface area contributed by atoms with Gasteiger partial charge in [0, 0.05) is 7.11 Å². The van der Waals surface area contributed by atoms with E-state index in [1.165, 1.54) is 7.11 Å². The van der Waals surface area contributed by atoms with E-state index in [0.29, 0.717) is 6.07 Å². The van der Waals surface area contributed by atoms with Gasteiger partial charge in [-0.25, -0.2) is 4.39 Å². The lowest BCUT2D eigenvalue weighted by atomic mass is 9.79. The maximum atomic E-state index is 13.5. The normalized spacial score (nSPS) is 11.5. The first kappa shape index (κ1) is 14.7. The minimum absolute atomic E-state index is 0.305. The summed E-state index contributed by atoms with van der Waals surface area (Å²) in [5, 5.41) is 17.7. The van der Waals surface area contributed by atoms with Gasteiger partial charge in [-0.05, 0) is 17.6 Å². The van der Waals surface area contributed by atoms with Gasteiger partial charge in [0.1, 0.15) is 0 Å². The number of halogens is 4. The zero-order valence-corrected chi connectivity index (χ0v) is 9.16. The Morgan fingerprint density at radius 1 is 1.28 bits per heavy atom. The quantitative estimate of drug-likeness (QED) is 0.474. The Balaban J connectivity index is 3.29. The molecule has 0 aliphatic carbocycles. The van der Waals surface area contributed by atoms with Gasteiger partial charge >= 0.3 is 13.3 Å². The van der Waals surface area contributed by atoms with Gasteiger partial charge in [0.2, 0.25) is 0 Å². The lowest BCUT2D eigenvalue weighted by Gasteiger charge is -2.14. The zero-order valence-electron chi connectivity index (χ0n) is 9.16. The van der Waals surface area contributed by atoms with Crippen LogP contribution in [-0.2, 0) is 10.9 Å². The molecule has 1 aromatic rings. The van der Waals surface area contributed by atoms with Crippen molar-refractivity contribution in [3.05, 3.63) is 23.5 Å². The first-order chi connectivity index (χ1) is 8.27. The number of ether oxygens (including phenoxy) is 2. The minimum Gasteiger partial charge on any atom is -0.464 e. The van der Waals surface area contributed by atoms with E-state index in [1.54, 1.807) is 0 Å². The molecule has 0 atom stereocenters. The Morgan fingerprint density at radius 3 is 2.33 bits per heavy atom. The maximum Gasteiger partial charge on any atom is 0.488 e. The van der Waals surface area contributed by atoms with Gasteiger partial charge in [0.05, 0.1) is 5.56 Å². The second-order valence-corrected chi connectivity index (χ2v) is 3.30. The highest BCUT2D eigenvalue weighted by atomic mass is 19.4. The molecule has 0 fully saturated rings. The van der Waals surface area contributed by atoms with Crippen LogP contribution in [0.4, 0.5) is 17.6 Å². The maximum absolute atomic E-state index is 13.5. The summed E-state index contributed by atoms with van der Waals surface area (Å²) in [7, 11) is -0.968. The van der Waals surface area contributed by atoms with Gasteiger partial charge in [-0.2, -0.15) is 13.2 Å². The van der Waals surface area contributed by atoms with Crippen molar-refractivity contribution in [3.8, 4) is 5.75 Å². The molecule has 9 heteroatoms. The molecule has 0 aromatic heterocycles. The van der Waals surface area contributed by atoms with Crippen molar-refractivity contribution >= 4 is 12.6 Å². The van der Waals surface area contributed by atoms with Crippen molar-refractivity contribution in [3.63, 3.8) is 0 Å². The van der Waals surface area contributed by atoms with Crippen LogP contribution in [0.25, 0.3) is 0 Å². The fourth-order valence-electron chi connectivity index (χ4n) is 1.20. The van der Waals surface area contributed by atoms with Crippen molar-refractivity contribution in [2.24, 2.45) is 0 Å². The minimum atomic E-state index is -4.97. The fourth-order valence-corrected chi connectivity index (χ4v) is 1.20. The van der Waals surface area contributed by atoms with E-state index < -0.39 is 42.7 Å². The van der Waals surface area contributed by atoms with Gasteiger partial charge in [-0.15, -0.1) is 0 Å². The molecular formula is C9H9BF4O4. The molecule has 1 rings (SSSR count). The topological polar surface area (TPSA) is 58.9 Å². The fraction of sp³-hybridized carbons (Fsp3) is 0.333. The lowest BCUT2D eigenvalue weighted by molar-refractivity contribution is -0.140. The molecular weight excluding hydrogens is 259 g/mol. The first-order valence-corrected chi connectivity index (χ1v) is 4.66. The van der Waals surface area contributed by atoms with Crippen molar-refractivity contribution in [2.45, 2.75) is 6.18 Å². The predicted molar refractivity (Wildman–Crippen MR) is 53.7 cm³/mol. The van der Waals surface area contributed by atoms with Crippen LogP contribution in [-0.4, -0.2) is 31.1 Å². The summed E-state index contributed by atoms with van der Waals surface area (Å²) in [4.78, 5) is 0. The highest BCUT2D eigenvalue weighted by molar-refractivity contribution is 6.58. The Morgan fingerprint density at radius 2 is 1.89 bits per heavy atom. The van der Waals surface area contributed by atoms with E-state index in [4.69, 9.17) is 10.0 Å². The molecule has 100 valence electrons. The smallest absolute Gasteiger partial charge is 0.464 e. The molecule has 0 saturated carbocycles. The average molecular weight is 268 g/mol. The molecule has 18 heavy (non-hydrogen) atoms. The van der Waals surface area contributed by atoms with Gasteiger partial charge in [-0.3, -0.25) is 0 Å². The van der Waals surface area contributed by atoms with Crippen molar-refractivity contribution < 1.29 is 37.1 Å². The van der Waals surface area contributed by atoms with Crippen LogP contribution >= 0.6 is 0 Å². The highest BCUT2D eigenvalue weighted by Crippen LogP contribution is 2.34. The van der Waals surface area contributed by atoms with Crippen molar-refractivity contribution in [1.82, 2.24) is 0 Å². The molecule has 0 heterocycles. The second kappa shape index (κ2) is 5.55. The van der Waals surface area contributed by atoms with Gasteiger partial charge in [0.15, 0.2) is 18.4 Å². The van der Waals surface area contributed by atoms with Crippen LogP contribution in [0.3, 0.4) is 0 Å². The third kappa shape index (κ3) is 3.34. The van der Waals surface area contributed by atoms with Crippen LogP contribution in [0.1, 0.15) is 5.56 Å². The molecule has 4 nitrogen and oxygen atoms in total. The molecule has 0 amide bonds. The van der Waals surface area contributed by atoms with Gasteiger partial charge < -0.3 is 19.5 Å². The summed E-state index contributed by atoms with van der Waals surface area (Å²) in [5.74, 6) is -2.40. The number of alkyl halides is 3. The van der Waals surface area contributed by atoms with Gasteiger partial charge in [-0.1, -0.05) is 0 Å². The van der Waals surface area contributed by atoms with E-state index in [0.717, 1.165) is 6.07 Å². The Labute approximate surface area is 99.9 Å². The summed E-state index contributed by atoms with van der Waals surface area (Å²) in [5.41, 5.74) is -2.17. The average Bonchev–Trinajstić information content (AvgIpc) is 2.25. The van der Waals surface area contributed by atoms with E-state index in [9.17, 15) is 17.6 Å². The van der Waals surface area contributed by atoms with E-state index in [2.05, 4.69) is 9.47 Å². The van der Waals surface area contributed by atoms with E-state index in [1.807, 2.05) is 0 Å². The van der Waals surface area contributed by atoms with Gasteiger partial charge in [0.25, 0.3) is 0 Å². The first-order valence-electron chi connectivity index (χ1n) is 4.66. The number of hydrogen-bond acceptors (Lipinski definition) is 4. The molecule has 0 aliphatic rings. The molecule has 0 aliphatic heterocycles. The predicted octanol–water partition coefficient (Wildman–Crippen LogP) is 0.507. The summed E-state index contributed by atoms with van der Waals surface area (Å²) in [6.45, 7) is -0.473. The molecule has 0 saturated heterocycles. The third-order valence-electron chi connectivity index (χ3n) is 2.00. The Bertz CT molecular complexity index is 422. The van der Waals surface area contributed by atoms with Crippen LogP contribution in [0.15, 0.2) is 12.1 Å². The largest absolute Gasteiger partial charge is 0.488 e. The summed E-state index contributed by atoms with van der Waals surface area (Å²) in [6.07, 6.45) is -4.97. The SMILES string of the molecule is COCOc1cc(B(O)O)cc(C(F)(F)F)c1F. The molecule has 0 unspecified atom stereocenters. The number of benzene rings is 1. The van der Waals surface area contributed by atoms with Crippen molar-refractivity contribution in [1.29, 1.82) is 0 Å². The Kier molecular flexibility index (Phi) is 4.55. The van der Waals surface area contributed by atoms with Crippen LogP contribution in [0.5, 0.6) is 5.75 Å². The summed E-state index contributed by atoms with van der Waals surface area (Å²) < 4.78 is 60.0. The number of methoxy groups -OCH3 is 1. The zero-order chi connectivity index (χ0) is 13.9. The van der Waals surface area contributed by atoms with Crippen LogP contribution in [0, 0.1) is 5.82 Å². The molecule has 0 bridgehead atoms. The summed E-state index contributed by atoms with van der Waals surface area (Å²) in [6, 6.07) is 1.06. The second-order valence-electron chi connectivity index (χ2n) is 3.30. The van der Waals surface area contributed by atoms with E-state index >= 15 is 0 Å².